The van der Waals surface area contributed by atoms with E-state index in [0.29, 0.717) is 12.1 Å². The molecule has 0 spiro atoms. The Bertz CT molecular complexity index is 247. The van der Waals surface area contributed by atoms with Crippen molar-refractivity contribution < 1.29 is 4.79 Å². The minimum absolute atomic E-state index is 0.0315. The number of nitrogens with one attached hydrogen (secondary N) is 2. The number of carbonyl (C=O) groups is 1. The number of piperazine rings is 1. The lowest BCUT2D eigenvalue weighted by Crippen LogP contribution is -2.59. The summed E-state index contributed by atoms with van der Waals surface area (Å²) in [6.45, 7) is 12.4. The highest BCUT2D eigenvalue weighted by atomic mass is 16.2. The molecule has 1 fully saturated rings. The second kappa shape index (κ2) is 6.36. The highest BCUT2D eigenvalue weighted by molar-refractivity contribution is 5.81. The zero-order chi connectivity index (χ0) is 13.0. The fourth-order valence-corrected chi connectivity index (χ4v) is 2.32. The standard InChI is InChI=1S/C13H27N3O/c1-6-9(2)15-13(17)12(5)16-7-10(3)14-11(4)8-16/h9-12,14H,6-8H2,1-5H3,(H,15,17). The molecule has 17 heavy (non-hydrogen) atoms. The molecule has 0 bridgehead atoms. The third-order valence-electron chi connectivity index (χ3n) is 3.51. The normalized spacial score (nSPS) is 29.7. The third kappa shape index (κ3) is 4.28. The molecule has 4 nitrogen and oxygen atoms in total. The van der Waals surface area contributed by atoms with E-state index in [2.05, 4.69) is 36.3 Å². The van der Waals surface area contributed by atoms with Gasteiger partial charge in [-0.05, 0) is 34.1 Å². The molecule has 1 amide bonds. The number of hydrogen-bond acceptors (Lipinski definition) is 3. The third-order valence-corrected chi connectivity index (χ3v) is 3.51. The van der Waals surface area contributed by atoms with Gasteiger partial charge in [0.1, 0.15) is 0 Å². The number of nitrogens with zero attached hydrogens (tertiary/aromatic N) is 1. The van der Waals surface area contributed by atoms with Crippen LogP contribution in [0.4, 0.5) is 0 Å². The summed E-state index contributed by atoms with van der Waals surface area (Å²) in [5, 5.41) is 6.54. The van der Waals surface area contributed by atoms with Gasteiger partial charge >= 0.3 is 0 Å². The van der Waals surface area contributed by atoms with E-state index in [4.69, 9.17) is 0 Å². The van der Waals surface area contributed by atoms with Crippen LogP contribution in [0.15, 0.2) is 0 Å². The van der Waals surface area contributed by atoms with Crippen molar-refractivity contribution in [3.05, 3.63) is 0 Å². The van der Waals surface area contributed by atoms with Crippen LogP contribution in [0.2, 0.25) is 0 Å². The van der Waals surface area contributed by atoms with Crippen molar-refractivity contribution in [3.63, 3.8) is 0 Å². The molecular formula is C13H27N3O. The van der Waals surface area contributed by atoms with Gasteiger partial charge in [0.15, 0.2) is 0 Å². The Morgan fingerprint density at radius 2 is 1.88 bits per heavy atom. The van der Waals surface area contributed by atoms with E-state index < -0.39 is 0 Å². The molecular weight excluding hydrogens is 214 g/mol. The van der Waals surface area contributed by atoms with Crippen molar-refractivity contribution >= 4 is 5.91 Å². The summed E-state index contributed by atoms with van der Waals surface area (Å²) < 4.78 is 0. The fraction of sp³-hybridized carbons (Fsp3) is 0.923. The summed E-state index contributed by atoms with van der Waals surface area (Å²) in [6.07, 6.45) is 0.979. The molecule has 1 aliphatic heterocycles. The Labute approximate surface area is 105 Å². The maximum atomic E-state index is 12.1. The second-order valence-electron chi connectivity index (χ2n) is 5.42. The molecule has 4 heteroatoms. The highest BCUT2D eigenvalue weighted by Gasteiger charge is 2.28. The molecule has 1 rings (SSSR count). The SMILES string of the molecule is CCC(C)NC(=O)C(C)N1CC(C)NC(C)C1. The van der Waals surface area contributed by atoms with Gasteiger partial charge in [0.2, 0.25) is 5.91 Å². The van der Waals surface area contributed by atoms with Crippen LogP contribution in [-0.4, -0.2) is 48.1 Å². The summed E-state index contributed by atoms with van der Waals surface area (Å²) in [6, 6.07) is 1.15. The van der Waals surface area contributed by atoms with E-state index in [1.807, 2.05) is 13.8 Å². The van der Waals surface area contributed by atoms with Gasteiger partial charge in [0.05, 0.1) is 6.04 Å². The maximum Gasteiger partial charge on any atom is 0.237 e. The first-order valence-corrected chi connectivity index (χ1v) is 6.74. The monoisotopic (exact) mass is 241 g/mol. The Kier molecular flexibility index (Phi) is 5.40. The van der Waals surface area contributed by atoms with Crippen molar-refractivity contribution in [1.29, 1.82) is 0 Å². The van der Waals surface area contributed by atoms with Crippen molar-refractivity contribution in [2.75, 3.05) is 13.1 Å². The van der Waals surface area contributed by atoms with Crippen LogP contribution >= 0.6 is 0 Å². The highest BCUT2D eigenvalue weighted by Crippen LogP contribution is 2.09. The molecule has 1 saturated heterocycles. The summed E-state index contributed by atoms with van der Waals surface area (Å²) in [5.74, 6) is 0.153. The predicted molar refractivity (Wildman–Crippen MR) is 71.0 cm³/mol. The number of hydrogen-bond donors (Lipinski definition) is 2. The van der Waals surface area contributed by atoms with E-state index in [0.717, 1.165) is 19.5 Å². The first-order chi connectivity index (χ1) is 7.93. The van der Waals surface area contributed by atoms with Crippen LogP contribution < -0.4 is 10.6 Å². The van der Waals surface area contributed by atoms with Gasteiger partial charge in [0, 0.05) is 31.2 Å². The van der Waals surface area contributed by atoms with Gasteiger partial charge < -0.3 is 10.6 Å². The van der Waals surface area contributed by atoms with Crippen molar-refractivity contribution in [2.24, 2.45) is 0 Å². The molecule has 0 aromatic carbocycles. The molecule has 4 atom stereocenters. The molecule has 1 aliphatic rings. The molecule has 0 aromatic rings. The van der Waals surface area contributed by atoms with E-state index in [1.54, 1.807) is 0 Å². The van der Waals surface area contributed by atoms with E-state index in [1.165, 1.54) is 0 Å². The number of rotatable bonds is 4. The number of amides is 1. The van der Waals surface area contributed by atoms with E-state index >= 15 is 0 Å². The summed E-state index contributed by atoms with van der Waals surface area (Å²) >= 11 is 0. The fourth-order valence-electron chi connectivity index (χ4n) is 2.32. The molecule has 0 radical (unpaired) electrons. The minimum atomic E-state index is -0.0315. The molecule has 0 aromatic heterocycles. The van der Waals surface area contributed by atoms with Gasteiger partial charge in [-0.1, -0.05) is 6.92 Å². The smallest absolute Gasteiger partial charge is 0.237 e. The molecule has 2 N–H and O–H groups in total. The van der Waals surface area contributed by atoms with Gasteiger partial charge in [-0.3, -0.25) is 9.69 Å². The predicted octanol–water partition coefficient (Wildman–Crippen LogP) is 0.972. The Balaban J connectivity index is 2.50. The maximum absolute atomic E-state index is 12.1. The topological polar surface area (TPSA) is 44.4 Å². The minimum Gasteiger partial charge on any atom is -0.352 e. The van der Waals surface area contributed by atoms with Crippen LogP contribution in [-0.2, 0) is 4.79 Å². The summed E-state index contributed by atoms with van der Waals surface area (Å²) in [5.41, 5.74) is 0. The quantitative estimate of drug-likeness (QED) is 0.771. The lowest BCUT2D eigenvalue weighted by atomic mass is 10.1. The van der Waals surface area contributed by atoms with Gasteiger partial charge in [-0.2, -0.15) is 0 Å². The Morgan fingerprint density at radius 1 is 1.35 bits per heavy atom. The summed E-state index contributed by atoms with van der Waals surface area (Å²) in [7, 11) is 0. The van der Waals surface area contributed by atoms with Crippen LogP contribution in [0.25, 0.3) is 0 Å². The lowest BCUT2D eigenvalue weighted by molar-refractivity contribution is -0.127. The summed E-state index contributed by atoms with van der Waals surface area (Å²) in [4.78, 5) is 14.3. The Hall–Kier alpha value is -0.610. The first kappa shape index (κ1) is 14.5. The van der Waals surface area contributed by atoms with Crippen molar-refractivity contribution in [3.8, 4) is 0 Å². The van der Waals surface area contributed by atoms with Crippen LogP contribution in [0, 0.1) is 0 Å². The second-order valence-corrected chi connectivity index (χ2v) is 5.42. The molecule has 100 valence electrons. The lowest BCUT2D eigenvalue weighted by Gasteiger charge is -2.39. The van der Waals surface area contributed by atoms with E-state index in [9.17, 15) is 4.79 Å². The molecule has 0 aliphatic carbocycles. The first-order valence-electron chi connectivity index (χ1n) is 6.74. The van der Waals surface area contributed by atoms with Crippen LogP contribution in [0.5, 0.6) is 0 Å². The van der Waals surface area contributed by atoms with Crippen LogP contribution in [0.3, 0.4) is 0 Å². The Morgan fingerprint density at radius 3 is 2.35 bits per heavy atom. The van der Waals surface area contributed by atoms with Gasteiger partial charge in [-0.25, -0.2) is 0 Å². The zero-order valence-electron chi connectivity index (χ0n) is 11.8. The zero-order valence-corrected chi connectivity index (χ0v) is 11.8. The van der Waals surface area contributed by atoms with E-state index in [-0.39, 0.29) is 18.0 Å². The largest absolute Gasteiger partial charge is 0.352 e. The average Bonchev–Trinajstić information content (AvgIpc) is 2.26. The van der Waals surface area contributed by atoms with Crippen molar-refractivity contribution in [2.45, 2.75) is 65.2 Å². The van der Waals surface area contributed by atoms with Gasteiger partial charge in [0.25, 0.3) is 0 Å². The molecule has 0 saturated carbocycles. The number of carbonyl (C=O) groups excluding carboxylic acids is 1. The average molecular weight is 241 g/mol. The van der Waals surface area contributed by atoms with Crippen LogP contribution in [0.1, 0.15) is 41.0 Å². The van der Waals surface area contributed by atoms with Gasteiger partial charge in [-0.15, -0.1) is 0 Å². The molecule has 1 heterocycles. The van der Waals surface area contributed by atoms with Crippen molar-refractivity contribution in [1.82, 2.24) is 15.5 Å². The molecule has 4 unspecified atom stereocenters.